The summed E-state index contributed by atoms with van der Waals surface area (Å²) in [6.07, 6.45) is 1.65. The Labute approximate surface area is 214 Å². The van der Waals surface area contributed by atoms with Gasteiger partial charge in [0, 0.05) is 0 Å². The Morgan fingerprint density at radius 2 is 1.50 bits per heavy atom. The van der Waals surface area contributed by atoms with Gasteiger partial charge < -0.3 is 9.73 Å². The van der Waals surface area contributed by atoms with Gasteiger partial charge in [-0.05, 0) is 29.7 Å². The Morgan fingerprint density at radius 1 is 0.889 bits per heavy atom. The molecule has 6 nitrogen and oxygen atoms in total. The van der Waals surface area contributed by atoms with Crippen molar-refractivity contribution < 1.29 is 9.21 Å². The molecule has 2 heterocycles. The lowest BCUT2D eigenvalue weighted by Crippen LogP contribution is -2.30. The molecule has 0 fully saturated rings. The number of benzene rings is 3. The van der Waals surface area contributed by atoms with Crippen LogP contribution in [-0.2, 0) is 11.3 Å². The third-order valence-corrected chi connectivity index (χ3v) is 6.87. The van der Waals surface area contributed by atoms with Gasteiger partial charge in [0.05, 0.1) is 30.2 Å². The van der Waals surface area contributed by atoms with E-state index in [0.717, 1.165) is 33.8 Å². The minimum absolute atomic E-state index is 0.0759. The van der Waals surface area contributed by atoms with Crippen molar-refractivity contribution in [3.8, 4) is 11.4 Å². The fraction of sp³-hybridized carbons (Fsp3) is 0.138. The summed E-state index contributed by atoms with van der Waals surface area (Å²) in [7, 11) is 0. The lowest BCUT2D eigenvalue weighted by atomic mass is 9.99. The van der Waals surface area contributed by atoms with Crippen molar-refractivity contribution in [1.82, 2.24) is 20.1 Å². The molecule has 3 aromatic carbocycles. The highest BCUT2D eigenvalue weighted by atomic mass is 32.2. The van der Waals surface area contributed by atoms with Crippen LogP contribution >= 0.6 is 11.8 Å². The van der Waals surface area contributed by atoms with Crippen LogP contribution < -0.4 is 5.32 Å². The normalized spacial score (nSPS) is 11.1. The average molecular weight is 495 g/mol. The molecular weight excluding hydrogens is 468 g/mol. The van der Waals surface area contributed by atoms with Gasteiger partial charge in [-0.2, -0.15) is 0 Å². The molecular formula is C29H26N4O2S. The zero-order valence-corrected chi connectivity index (χ0v) is 20.7. The molecule has 0 aliphatic rings. The van der Waals surface area contributed by atoms with Crippen LogP contribution in [0.4, 0.5) is 0 Å². The highest BCUT2D eigenvalue weighted by Crippen LogP contribution is 2.28. The minimum Gasteiger partial charge on any atom is -0.469 e. The lowest BCUT2D eigenvalue weighted by Gasteiger charge is -2.20. The number of carbonyl (C=O) groups is 1. The molecule has 0 unspecified atom stereocenters. The number of hydrogen-bond acceptors (Lipinski definition) is 5. The van der Waals surface area contributed by atoms with Crippen LogP contribution in [0.5, 0.6) is 0 Å². The first-order valence-corrected chi connectivity index (χ1v) is 12.7. The predicted octanol–water partition coefficient (Wildman–Crippen LogP) is 5.89. The monoisotopic (exact) mass is 494 g/mol. The first-order chi connectivity index (χ1) is 17.7. The molecule has 0 saturated carbocycles. The minimum atomic E-state index is -0.230. The lowest BCUT2D eigenvalue weighted by molar-refractivity contribution is -0.119. The Bertz CT molecular complexity index is 1380. The van der Waals surface area contributed by atoms with E-state index in [1.165, 1.54) is 11.8 Å². The van der Waals surface area contributed by atoms with Gasteiger partial charge in [-0.25, -0.2) is 0 Å². The van der Waals surface area contributed by atoms with E-state index in [9.17, 15) is 4.79 Å². The van der Waals surface area contributed by atoms with E-state index in [1.54, 1.807) is 6.26 Å². The highest BCUT2D eigenvalue weighted by Gasteiger charge is 2.20. The molecule has 1 N–H and O–H groups in total. The number of carbonyl (C=O) groups excluding carboxylic acids is 1. The van der Waals surface area contributed by atoms with Crippen LogP contribution in [0, 0.1) is 6.92 Å². The molecule has 0 aliphatic heterocycles. The summed E-state index contributed by atoms with van der Waals surface area (Å²) in [6, 6.07) is 31.8. The Kier molecular flexibility index (Phi) is 7.28. The van der Waals surface area contributed by atoms with Gasteiger partial charge in [0.1, 0.15) is 5.76 Å². The fourth-order valence-electron chi connectivity index (χ4n) is 4.10. The maximum absolute atomic E-state index is 13.1. The van der Waals surface area contributed by atoms with Crippen LogP contribution in [0.25, 0.3) is 11.4 Å². The SMILES string of the molecule is Cc1occc1-c1nnc(SCC(=O)NC(c2ccccc2)c2ccccc2)n1Cc1ccccc1. The third kappa shape index (κ3) is 5.42. The van der Waals surface area contributed by atoms with Crippen molar-refractivity contribution in [2.75, 3.05) is 5.75 Å². The topological polar surface area (TPSA) is 72.9 Å². The van der Waals surface area contributed by atoms with Gasteiger partial charge in [0.15, 0.2) is 11.0 Å². The van der Waals surface area contributed by atoms with E-state index in [-0.39, 0.29) is 17.7 Å². The summed E-state index contributed by atoms with van der Waals surface area (Å²) in [5, 5.41) is 12.8. The molecule has 5 rings (SSSR count). The fourth-order valence-corrected chi connectivity index (χ4v) is 4.85. The number of aryl methyl sites for hydroxylation is 1. The smallest absolute Gasteiger partial charge is 0.231 e. The molecule has 1 amide bonds. The zero-order valence-electron chi connectivity index (χ0n) is 19.9. The van der Waals surface area contributed by atoms with E-state index in [2.05, 4.69) is 27.6 Å². The Hall–Kier alpha value is -4.10. The van der Waals surface area contributed by atoms with Crippen LogP contribution in [0.2, 0.25) is 0 Å². The Balaban J connectivity index is 1.36. The van der Waals surface area contributed by atoms with Crippen molar-refractivity contribution >= 4 is 17.7 Å². The number of nitrogens with zero attached hydrogens (tertiary/aromatic N) is 3. The summed E-state index contributed by atoms with van der Waals surface area (Å²) in [4.78, 5) is 13.1. The summed E-state index contributed by atoms with van der Waals surface area (Å²) in [5.41, 5.74) is 4.08. The second-order valence-electron chi connectivity index (χ2n) is 8.38. The number of hydrogen-bond donors (Lipinski definition) is 1. The standard InChI is InChI=1S/C29H26N4O2S/c1-21-25(17-18-35-21)28-31-32-29(33(28)19-22-11-5-2-6-12-22)36-20-26(34)30-27(23-13-7-3-8-14-23)24-15-9-4-10-16-24/h2-18,27H,19-20H2,1H3,(H,30,34). The van der Waals surface area contributed by atoms with Crippen LogP contribution in [0.3, 0.4) is 0 Å². The molecule has 0 atom stereocenters. The summed E-state index contributed by atoms with van der Waals surface area (Å²) in [5.74, 6) is 1.64. The molecule has 36 heavy (non-hydrogen) atoms. The van der Waals surface area contributed by atoms with Gasteiger partial charge in [0.25, 0.3) is 0 Å². The summed E-state index contributed by atoms with van der Waals surface area (Å²) in [6.45, 7) is 2.50. The van der Waals surface area contributed by atoms with Crippen molar-refractivity contribution in [3.63, 3.8) is 0 Å². The molecule has 2 aromatic heterocycles. The molecule has 0 saturated heterocycles. The third-order valence-electron chi connectivity index (χ3n) is 5.90. The largest absolute Gasteiger partial charge is 0.469 e. The van der Waals surface area contributed by atoms with E-state index in [1.807, 2.05) is 96.4 Å². The predicted molar refractivity (Wildman–Crippen MR) is 142 cm³/mol. The first-order valence-electron chi connectivity index (χ1n) is 11.7. The van der Waals surface area contributed by atoms with Gasteiger partial charge in [0.2, 0.25) is 5.91 Å². The van der Waals surface area contributed by atoms with E-state index < -0.39 is 0 Å². The molecule has 180 valence electrons. The van der Waals surface area contributed by atoms with Crippen LogP contribution in [0.1, 0.15) is 28.5 Å². The van der Waals surface area contributed by atoms with Gasteiger partial charge in [-0.3, -0.25) is 9.36 Å². The summed E-state index contributed by atoms with van der Waals surface area (Å²) < 4.78 is 7.55. The molecule has 0 aliphatic carbocycles. The molecule has 0 radical (unpaired) electrons. The molecule has 0 spiro atoms. The second-order valence-corrected chi connectivity index (χ2v) is 9.32. The van der Waals surface area contributed by atoms with Crippen molar-refractivity contribution in [1.29, 1.82) is 0 Å². The first kappa shape index (κ1) is 23.6. The average Bonchev–Trinajstić information content (AvgIpc) is 3.53. The highest BCUT2D eigenvalue weighted by molar-refractivity contribution is 7.99. The van der Waals surface area contributed by atoms with E-state index in [0.29, 0.717) is 11.7 Å². The molecule has 0 bridgehead atoms. The van der Waals surface area contributed by atoms with Gasteiger partial charge in [-0.15, -0.1) is 10.2 Å². The van der Waals surface area contributed by atoms with Crippen molar-refractivity contribution in [2.24, 2.45) is 0 Å². The number of furan rings is 1. The number of nitrogens with one attached hydrogen (secondary N) is 1. The molecule has 5 aromatic rings. The van der Waals surface area contributed by atoms with Crippen molar-refractivity contribution in [2.45, 2.75) is 24.7 Å². The second kappa shape index (κ2) is 11.1. The van der Waals surface area contributed by atoms with E-state index in [4.69, 9.17) is 4.42 Å². The van der Waals surface area contributed by atoms with Crippen LogP contribution in [0.15, 0.2) is 113 Å². The quantitative estimate of drug-likeness (QED) is 0.259. The zero-order chi connectivity index (χ0) is 24.7. The van der Waals surface area contributed by atoms with Gasteiger partial charge >= 0.3 is 0 Å². The maximum atomic E-state index is 13.1. The summed E-state index contributed by atoms with van der Waals surface area (Å²) >= 11 is 1.38. The molecule has 7 heteroatoms. The van der Waals surface area contributed by atoms with E-state index >= 15 is 0 Å². The van der Waals surface area contributed by atoms with Gasteiger partial charge in [-0.1, -0.05) is 103 Å². The number of aromatic nitrogens is 3. The number of rotatable bonds is 9. The number of thioether (sulfide) groups is 1. The Morgan fingerprint density at radius 3 is 2.08 bits per heavy atom. The number of amides is 1. The van der Waals surface area contributed by atoms with Crippen LogP contribution in [-0.4, -0.2) is 26.4 Å². The maximum Gasteiger partial charge on any atom is 0.231 e. The van der Waals surface area contributed by atoms with Crippen molar-refractivity contribution in [3.05, 3.63) is 126 Å².